The van der Waals surface area contributed by atoms with Crippen LogP contribution >= 0.6 is 7.92 Å². The Morgan fingerprint density at radius 3 is 2.50 bits per heavy atom. The maximum absolute atomic E-state index is 15.0. The highest BCUT2D eigenvalue weighted by Gasteiger charge is 2.34. The van der Waals surface area contributed by atoms with Gasteiger partial charge in [-0.25, -0.2) is 8.78 Å². The molecule has 0 bridgehead atoms. The maximum Gasteiger partial charge on any atom is 0.249 e. The van der Waals surface area contributed by atoms with Crippen molar-refractivity contribution in [1.82, 2.24) is 5.32 Å². The molecule has 3 rings (SSSR count). The molecule has 0 radical (unpaired) electrons. The molecule has 2 amide bonds. The fourth-order valence-electron chi connectivity index (χ4n) is 3.65. The Bertz CT molecular complexity index is 887. The van der Waals surface area contributed by atoms with Crippen molar-refractivity contribution in [3.63, 3.8) is 0 Å². The van der Waals surface area contributed by atoms with Gasteiger partial charge in [0.25, 0.3) is 0 Å². The zero-order valence-corrected chi connectivity index (χ0v) is 16.8. The van der Waals surface area contributed by atoms with Crippen molar-refractivity contribution in [2.75, 3.05) is 23.8 Å². The number of benzene rings is 2. The first-order valence-electron chi connectivity index (χ1n) is 9.36. The minimum absolute atomic E-state index is 0.0906. The number of hydrogen-bond acceptors (Lipinski definition) is 2. The summed E-state index contributed by atoms with van der Waals surface area (Å²) >= 11 is 0. The van der Waals surface area contributed by atoms with Crippen molar-refractivity contribution < 1.29 is 18.4 Å². The molecule has 0 aliphatic carbocycles. The molecule has 7 heteroatoms. The highest BCUT2D eigenvalue weighted by atomic mass is 31.1. The molecule has 148 valence electrons. The van der Waals surface area contributed by atoms with Gasteiger partial charge in [-0.3, -0.25) is 9.59 Å². The molecule has 0 aromatic heterocycles. The van der Waals surface area contributed by atoms with Crippen LogP contribution in [0, 0.1) is 11.6 Å². The molecular weight excluding hydrogens is 381 g/mol. The predicted octanol–water partition coefficient (Wildman–Crippen LogP) is 3.63. The Kier molecular flexibility index (Phi) is 6.40. The number of carbonyl (C=O) groups excluding carboxylic acids is 2. The lowest BCUT2D eigenvalue weighted by Gasteiger charge is -2.21. The van der Waals surface area contributed by atoms with Crippen molar-refractivity contribution in [3.8, 4) is 11.1 Å². The zero-order chi connectivity index (χ0) is 20.3. The molecule has 1 atom stereocenters. The van der Waals surface area contributed by atoms with Gasteiger partial charge in [-0.2, -0.15) is 0 Å². The molecule has 1 fully saturated rings. The van der Waals surface area contributed by atoms with Crippen molar-refractivity contribution in [2.45, 2.75) is 26.3 Å². The highest BCUT2D eigenvalue weighted by Crippen LogP contribution is 2.39. The smallest absolute Gasteiger partial charge is 0.249 e. The van der Waals surface area contributed by atoms with Crippen LogP contribution in [-0.4, -0.2) is 37.2 Å². The molecule has 4 nitrogen and oxygen atoms in total. The van der Waals surface area contributed by atoms with E-state index in [0.29, 0.717) is 18.4 Å². The van der Waals surface area contributed by atoms with E-state index in [4.69, 9.17) is 0 Å². The number of nitrogens with zero attached hydrogens (tertiary/aromatic N) is 1. The number of hydrogen-bond donors (Lipinski definition) is 1. The van der Waals surface area contributed by atoms with Crippen molar-refractivity contribution in [3.05, 3.63) is 48.0 Å². The second-order valence-corrected chi connectivity index (χ2v) is 9.39. The van der Waals surface area contributed by atoms with Crippen LogP contribution in [0.1, 0.15) is 20.3 Å². The van der Waals surface area contributed by atoms with E-state index in [2.05, 4.69) is 19.2 Å². The van der Waals surface area contributed by atoms with E-state index < -0.39 is 31.5 Å². The fraction of sp³-hybridized carbons (Fsp3) is 0.333. The number of carbonyl (C=O) groups is 2. The first-order chi connectivity index (χ1) is 13.5. The van der Waals surface area contributed by atoms with Gasteiger partial charge in [0.1, 0.15) is 6.04 Å². The van der Waals surface area contributed by atoms with Gasteiger partial charge in [-0.15, -0.1) is 0 Å². The van der Waals surface area contributed by atoms with Crippen LogP contribution < -0.4 is 15.5 Å². The summed E-state index contributed by atoms with van der Waals surface area (Å²) in [6.07, 6.45) is 2.75. The quantitative estimate of drug-likeness (QED) is 0.566. The van der Waals surface area contributed by atoms with Gasteiger partial charge in [-0.1, -0.05) is 46.0 Å². The Balaban J connectivity index is 2.01. The van der Waals surface area contributed by atoms with E-state index in [1.165, 1.54) is 11.0 Å². The normalized spacial score (nSPS) is 16.7. The molecule has 0 saturated carbocycles. The fourth-order valence-corrected chi connectivity index (χ4v) is 5.61. The van der Waals surface area contributed by atoms with Gasteiger partial charge >= 0.3 is 0 Å². The Morgan fingerprint density at radius 2 is 1.82 bits per heavy atom. The third-order valence-electron chi connectivity index (χ3n) is 5.13. The Morgan fingerprint density at radius 1 is 1.11 bits per heavy atom. The Labute approximate surface area is 164 Å². The summed E-state index contributed by atoms with van der Waals surface area (Å²) in [5.74, 6) is -2.42. The van der Waals surface area contributed by atoms with Gasteiger partial charge < -0.3 is 10.2 Å². The van der Waals surface area contributed by atoms with E-state index >= 15 is 4.39 Å². The minimum atomic E-state index is -1.04. The predicted molar refractivity (Wildman–Crippen MR) is 109 cm³/mol. The summed E-state index contributed by atoms with van der Waals surface area (Å²) in [6, 6.07) is 9.84. The SMILES string of the molecule is CCP(CC)c1ccccc1-c1ccc(N2CCC(NC=O)C2=O)c(F)c1F. The third-order valence-corrected chi connectivity index (χ3v) is 7.72. The Hall–Kier alpha value is -2.33. The van der Waals surface area contributed by atoms with Crippen molar-refractivity contribution >= 4 is 31.2 Å². The zero-order valence-electron chi connectivity index (χ0n) is 15.9. The molecule has 0 spiro atoms. The minimum Gasteiger partial charge on any atom is -0.347 e. The molecule has 1 heterocycles. The monoisotopic (exact) mass is 404 g/mol. The average molecular weight is 404 g/mol. The topological polar surface area (TPSA) is 49.4 Å². The molecule has 1 saturated heterocycles. The van der Waals surface area contributed by atoms with E-state index in [1.54, 1.807) is 6.07 Å². The van der Waals surface area contributed by atoms with Crippen LogP contribution in [0.3, 0.4) is 0 Å². The number of amides is 2. The van der Waals surface area contributed by atoms with E-state index in [1.807, 2.05) is 24.3 Å². The number of halogens is 2. The van der Waals surface area contributed by atoms with Gasteiger partial charge in [0.2, 0.25) is 12.3 Å². The second kappa shape index (κ2) is 8.78. The molecule has 2 aromatic rings. The largest absolute Gasteiger partial charge is 0.347 e. The second-order valence-electron chi connectivity index (χ2n) is 6.57. The number of rotatable bonds is 7. The van der Waals surface area contributed by atoms with Gasteiger partial charge in [0.05, 0.1) is 5.69 Å². The molecule has 1 aliphatic heterocycles. The molecule has 1 N–H and O–H groups in total. The lowest BCUT2D eigenvalue weighted by atomic mass is 10.0. The molecule has 2 aromatic carbocycles. The van der Waals surface area contributed by atoms with Crippen LogP contribution in [0.15, 0.2) is 36.4 Å². The molecule has 1 unspecified atom stereocenters. The summed E-state index contributed by atoms with van der Waals surface area (Å²) in [4.78, 5) is 24.1. The maximum atomic E-state index is 15.0. The van der Waals surface area contributed by atoms with Crippen LogP contribution in [-0.2, 0) is 9.59 Å². The van der Waals surface area contributed by atoms with E-state index in [0.717, 1.165) is 17.6 Å². The van der Waals surface area contributed by atoms with Crippen molar-refractivity contribution in [2.24, 2.45) is 0 Å². The lowest BCUT2D eigenvalue weighted by molar-refractivity contribution is -0.121. The summed E-state index contributed by atoms with van der Waals surface area (Å²) in [5, 5.41) is 3.47. The van der Waals surface area contributed by atoms with E-state index in [9.17, 15) is 14.0 Å². The van der Waals surface area contributed by atoms with E-state index in [-0.39, 0.29) is 17.8 Å². The average Bonchev–Trinajstić information content (AvgIpc) is 3.06. The highest BCUT2D eigenvalue weighted by molar-refractivity contribution is 7.65. The first-order valence-corrected chi connectivity index (χ1v) is 11.1. The third kappa shape index (κ3) is 3.66. The standard InChI is InChI=1S/C21H23F2N2O2P/c1-3-28(4-2)18-8-6-5-7-14(18)15-9-10-17(20(23)19(15)22)25-12-11-16(21(25)27)24-13-26/h5-10,13,16H,3-4,11-12H2,1-2H3,(H,24,26). The summed E-state index contributed by atoms with van der Waals surface area (Å²) in [5.41, 5.74) is 0.821. The molecule has 1 aliphatic rings. The van der Waals surface area contributed by atoms with Crippen LogP contribution in [0.2, 0.25) is 0 Å². The summed E-state index contributed by atoms with van der Waals surface area (Å²) < 4.78 is 30.0. The van der Waals surface area contributed by atoms with Gasteiger partial charge in [-0.05, 0) is 41.7 Å². The van der Waals surface area contributed by atoms with Crippen LogP contribution in [0.25, 0.3) is 11.1 Å². The number of anilines is 1. The lowest BCUT2D eigenvalue weighted by Crippen LogP contribution is -2.38. The number of nitrogens with one attached hydrogen (secondary N) is 1. The van der Waals surface area contributed by atoms with Crippen LogP contribution in [0.4, 0.5) is 14.5 Å². The summed E-state index contributed by atoms with van der Waals surface area (Å²) in [7, 11) is -0.447. The van der Waals surface area contributed by atoms with Crippen LogP contribution in [0.5, 0.6) is 0 Å². The van der Waals surface area contributed by atoms with Gasteiger partial charge in [0, 0.05) is 12.1 Å². The van der Waals surface area contributed by atoms with Crippen molar-refractivity contribution in [1.29, 1.82) is 0 Å². The summed E-state index contributed by atoms with van der Waals surface area (Å²) in [6.45, 7) is 4.44. The molecular formula is C21H23F2N2O2P. The van der Waals surface area contributed by atoms with Gasteiger partial charge in [0.15, 0.2) is 11.6 Å². The molecule has 28 heavy (non-hydrogen) atoms. The first kappa shape index (κ1) is 20.4.